The Hall–Kier alpha value is -2.82. The third-order valence-electron chi connectivity index (χ3n) is 3.64. The van der Waals surface area contributed by atoms with E-state index >= 15 is 0 Å². The topological polar surface area (TPSA) is 64.6 Å². The minimum Gasteiger partial charge on any atom is -0.497 e. The Morgan fingerprint density at radius 1 is 1.08 bits per heavy atom. The molecule has 0 spiro atoms. The van der Waals surface area contributed by atoms with E-state index in [4.69, 9.17) is 9.47 Å². The number of esters is 1. The van der Waals surface area contributed by atoms with Gasteiger partial charge in [-0.05, 0) is 43.2 Å². The van der Waals surface area contributed by atoms with Gasteiger partial charge in [0.15, 0.2) is 6.10 Å². The van der Waals surface area contributed by atoms with Crippen molar-refractivity contribution in [3.8, 4) is 5.75 Å². The number of carbonyl (C=O) groups is 2. The van der Waals surface area contributed by atoms with Gasteiger partial charge in [0, 0.05) is 6.54 Å². The average Bonchev–Trinajstić information content (AvgIpc) is 2.60. The molecule has 1 amide bonds. The van der Waals surface area contributed by atoms with Crippen molar-refractivity contribution >= 4 is 11.9 Å². The molecule has 0 radical (unpaired) electrons. The molecule has 0 bridgehead atoms. The normalized spacial score (nSPS) is 11.5. The fraction of sp³-hybridized carbons (Fsp3) is 0.263. The van der Waals surface area contributed by atoms with Crippen LogP contribution in [-0.4, -0.2) is 25.1 Å². The fourth-order valence-corrected chi connectivity index (χ4v) is 2.16. The third-order valence-corrected chi connectivity index (χ3v) is 3.64. The largest absolute Gasteiger partial charge is 0.497 e. The molecule has 0 saturated heterocycles. The van der Waals surface area contributed by atoms with Gasteiger partial charge >= 0.3 is 5.97 Å². The molecule has 0 saturated carbocycles. The summed E-state index contributed by atoms with van der Waals surface area (Å²) in [6.45, 7) is 3.74. The van der Waals surface area contributed by atoms with Gasteiger partial charge < -0.3 is 14.8 Å². The number of rotatable bonds is 6. The van der Waals surface area contributed by atoms with Gasteiger partial charge in [0.2, 0.25) is 0 Å². The van der Waals surface area contributed by atoms with Gasteiger partial charge in [-0.1, -0.05) is 30.3 Å². The molecule has 2 aromatic rings. The third kappa shape index (κ3) is 4.59. The molecule has 0 aliphatic carbocycles. The van der Waals surface area contributed by atoms with Gasteiger partial charge in [0.25, 0.3) is 5.91 Å². The van der Waals surface area contributed by atoms with Crippen LogP contribution in [0, 0.1) is 6.92 Å². The Morgan fingerprint density at radius 3 is 2.38 bits per heavy atom. The van der Waals surface area contributed by atoms with Crippen LogP contribution in [0.3, 0.4) is 0 Å². The van der Waals surface area contributed by atoms with E-state index in [1.807, 2.05) is 43.3 Å². The van der Waals surface area contributed by atoms with Crippen LogP contribution in [0.1, 0.15) is 28.4 Å². The van der Waals surface area contributed by atoms with E-state index in [-0.39, 0.29) is 5.91 Å². The smallest absolute Gasteiger partial charge is 0.339 e. The predicted molar refractivity (Wildman–Crippen MR) is 90.9 cm³/mol. The maximum Gasteiger partial charge on any atom is 0.339 e. The van der Waals surface area contributed by atoms with E-state index in [0.717, 1.165) is 16.9 Å². The lowest BCUT2D eigenvalue weighted by Crippen LogP contribution is -2.35. The number of amides is 1. The Balaban J connectivity index is 1.87. The molecule has 5 heteroatoms. The second kappa shape index (κ2) is 8.15. The summed E-state index contributed by atoms with van der Waals surface area (Å²) in [5.74, 6) is -0.0847. The average molecular weight is 327 g/mol. The van der Waals surface area contributed by atoms with E-state index in [1.54, 1.807) is 26.2 Å². The number of carbonyl (C=O) groups excluding carboxylic acids is 2. The fourth-order valence-electron chi connectivity index (χ4n) is 2.16. The molecule has 24 heavy (non-hydrogen) atoms. The van der Waals surface area contributed by atoms with Crippen LogP contribution in [0.15, 0.2) is 48.5 Å². The predicted octanol–water partition coefficient (Wildman–Crippen LogP) is 2.87. The van der Waals surface area contributed by atoms with Gasteiger partial charge in [-0.2, -0.15) is 0 Å². The van der Waals surface area contributed by atoms with Crippen LogP contribution >= 0.6 is 0 Å². The minimum absolute atomic E-state index is 0.340. The van der Waals surface area contributed by atoms with E-state index in [2.05, 4.69) is 5.32 Å². The summed E-state index contributed by atoms with van der Waals surface area (Å²) >= 11 is 0. The first-order valence-corrected chi connectivity index (χ1v) is 7.68. The van der Waals surface area contributed by atoms with Crippen LogP contribution < -0.4 is 10.1 Å². The summed E-state index contributed by atoms with van der Waals surface area (Å²) < 4.78 is 10.3. The van der Waals surface area contributed by atoms with Crippen molar-refractivity contribution in [2.45, 2.75) is 26.5 Å². The van der Waals surface area contributed by atoms with Crippen LogP contribution in [-0.2, 0) is 16.1 Å². The molecular weight excluding hydrogens is 306 g/mol. The van der Waals surface area contributed by atoms with Crippen LogP contribution in [0.2, 0.25) is 0 Å². The summed E-state index contributed by atoms with van der Waals surface area (Å²) in [5.41, 5.74) is 2.21. The second-order valence-corrected chi connectivity index (χ2v) is 5.43. The monoisotopic (exact) mass is 327 g/mol. The number of ether oxygens (including phenoxy) is 2. The maximum absolute atomic E-state index is 12.1. The number of hydrogen-bond donors (Lipinski definition) is 1. The lowest BCUT2D eigenvalue weighted by atomic mass is 10.1. The highest BCUT2D eigenvalue weighted by atomic mass is 16.5. The van der Waals surface area contributed by atoms with Crippen molar-refractivity contribution in [3.63, 3.8) is 0 Å². The van der Waals surface area contributed by atoms with Crippen LogP contribution in [0.5, 0.6) is 5.75 Å². The molecular formula is C19H21NO4. The minimum atomic E-state index is -0.865. The summed E-state index contributed by atoms with van der Waals surface area (Å²) in [6, 6.07) is 14.5. The lowest BCUT2D eigenvalue weighted by molar-refractivity contribution is -0.129. The number of hydrogen-bond acceptors (Lipinski definition) is 4. The lowest BCUT2D eigenvalue weighted by Gasteiger charge is -2.14. The van der Waals surface area contributed by atoms with Crippen molar-refractivity contribution in [3.05, 3.63) is 65.2 Å². The zero-order valence-corrected chi connectivity index (χ0v) is 14.0. The van der Waals surface area contributed by atoms with Crippen molar-refractivity contribution in [2.24, 2.45) is 0 Å². The molecule has 2 aromatic carbocycles. The van der Waals surface area contributed by atoms with Gasteiger partial charge in [-0.15, -0.1) is 0 Å². The number of methoxy groups -OCH3 is 1. The first-order chi connectivity index (χ1) is 11.5. The first kappa shape index (κ1) is 17.5. The molecule has 1 atom stereocenters. The molecule has 0 aromatic heterocycles. The van der Waals surface area contributed by atoms with E-state index in [0.29, 0.717) is 12.1 Å². The molecule has 1 N–H and O–H groups in total. The Bertz CT molecular complexity index is 710. The first-order valence-electron chi connectivity index (χ1n) is 7.68. The van der Waals surface area contributed by atoms with Crippen molar-refractivity contribution in [1.82, 2.24) is 5.32 Å². The highest BCUT2D eigenvalue weighted by Crippen LogP contribution is 2.12. The van der Waals surface area contributed by atoms with Crippen LogP contribution in [0.4, 0.5) is 0 Å². The zero-order chi connectivity index (χ0) is 17.5. The summed E-state index contributed by atoms with van der Waals surface area (Å²) in [6.07, 6.45) is -0.865. The molecule has 5 nitrogen and oxygen atoms in total. The van der Waals surface area contributed by atoms with Gasteiger partial charge in [-0.25, -0.2) is 4.79 Å². The van der Waals surface area contributed by atoms with Crippen molar-refractivity contribution in [2.75, 3.05) is 7.11 Å². The molecule has 0 aliphatic rings. The summed E-state index contributed by atoms with van der Waals surface area (Å²) in [7, 11) is 1.60. The number of aryl methyl sites for hydroxylation is 1. The van der Waals surface area contributed by atoms with Crippen molar-refractivity contribution < 1.29 is 19.1 Å². The summed E-state index contributed by atoms with van der Waals surface area (Å²) in [5, 5.41) is 2.75. The quantitative estimate of drug-likeness (QED) is 0.829. The second-order valence-electron chi connectivity index (χ2n) is 5.43. The van der Waals surface area contributed by atoms with E-state index in [9.17, 15) is 9.59 Å². The molecule has 0 unspecified atom stereocenters. The number of benzene rings is 2. The van der Waals surface area contributed by atoms with Gasteiger partial charge in [-0.3, -0.25) is 4.79 Å². The summed E-state index contributed by atoms with van der Waals surface area (Å²) in [4.78, 5) is 24.2. The van der Waals surface area contributed by atoms with Gasteiger partial charge in [0.1, 0.15) is 5.75 Å². The standard InChI is InChI=1S/C19H21NO4/c1-13-6-4-5-7-17(13)19(22)24-14(2)18(21)20-12-15-8-10-16(23-3)11-9-15/h4-11,14H,12H2,1-3H3,(H,20,21)/t14-/m1/s1. The van der Waals surface area contributed by atoms with Crippen molar-refractivity contribution in [1.29, 1.82) is 0 Å². The highest BCUT2D eigenvalue weighted by Gasteiger charge is 2.19. The molecule has 126 valence electrons. The Labute approximate surface area is 141 Å². The molecule has 0 heterocycles. The Kier molecular flexibility index (Phi) is 5.95. The SMILES string of the molecule is COc1ccc(CNC(=O)[C@@H](C)OC(=O)c2ccccc2C)cc1. The number of nitrogens with one attached hydrogen (secondary N) is 1. The van der Waals surface area contributed by atoms with Gasteiger partial charge in [0.05, 0.1) is 12.7 Å². The molecule has 2 rings (SSSR count). The highest BCUT2D eigenvalue weighted by molar-refractivity contribution is 5.93. The van der Waals surface area contributed by atoms with Crippen LogP contribution in [0.25, 0.3) is 0 Å². The maximum atomic E-state index is 12.1. The zero-order valence-electron chi connectivity index (χ0n) is 14.0. The van der Waals surface area contributed by atoms with E-state index in [1.165, 1.54) is 0 Å². The Morgan fingerprint density at radius 2 is 1.75 bits per heavy atom. The molecule has 0 aliphatic heterocycles. The molecule has 0 fully saturated rings. The van der Waals surface area contributed by atoms with E-state index < -0.39 is 12.1 Å².